The van der Waals surface area contributed by atoms with Gasteiger partial charge in [0.15, 0.2) is 0 Å². The highest BCUT2D eigenvalue weighted by Crippen LogP contribution is 2.25. The maximum Gasteiger partial charge on any atom is 0.309 e. The van der Waals surface area contributed by atoms with Gasteiger partial charge in [-0.1, -0.05) is 11.6 Å². The van der Waals surface area contributed by atoms with Crippen LogP contribution < -0.4 is 0 Å². The summed E-state index contributed by atoms with van der Waals surface area (Å²) in [6.07, 6.45) is 1.77. The molecule has 3 rings (SSSR count). The van der Waals surface area contributed by atoms with Crippen molar-refractivity contribution in [1.82, 2.24) is 14.0 Å². The molecule has 1 aromatic carbocycles. The summed E-state index contributed by atoms with van der Waals surface area (Å²) in [6.45, 7) is 1.96. The predicted octanol–water partition coefficient (Wildman–Crippen LogP) is 2.41. The fourth-order valence-corrected chi connectivity index (χ4v) is 2.62. The minimum atomic E-state index is -0.859. The Labute approximate surface area is 114 Å². The number of halogens is 1. The molecule has 2 heterocycles. The zero-order valence-electron chi connectivity index (χ0n) is 10.5. The molecule has 0 saturated carbocycles. The highest BCUT2D eigenvalue weighted by Gasteiger charge is 2.15. The molecular weight excluding hydrogens is 266 g/mol. The zero-order chi connectivity index (χ0) is 13.7. The topological polar surface area (TPSA) is 59.5 Å². The van der Waals surface area contributed by atoms with Crippen molar-refractivity contribution >= 4 is 34.4 Å². The first kappa shape index (κ1) is 12.0. The van der Waals surface area contributed by atoms with Crippen LogP contribution in [0.4, 0.5) is 0 Å². The van der Waals surface area contributed by atoms with Gasteiger partial charge in [0.05, 0.1) is 17.5 Å². The van der Waals surface area contributed by atoms with Crippen molar-refractivity contribution in [3.05, 3.63) is 34.6 Å². The summed E-state index contributed by atoms with van der Waals surface area (Å²) in [5.41, 5.74) is 3.49. The van der Waals surface area contributed by atoms with Gasteiger partial charge in [0.2, 0.25) is 5.78 Å². The fraction of sp³-hybridized carbons (Fsp3) is 0.231. The van der Waals surface area contributed by atoms with Crippen molar-refractivity contribution in [2.75, 3.05) is 0 Å². The molecule has 0 spiro atoms. The van der Waals surface area contributed by atoms with Gasteiger partial charge >= 0.3 is 5.97 Å². The molecule has 0 aliphatic heterocycles. The monoisotopic (exact) mass is 277 g/mol. The Morgan fingerprint density at radius 3 is 2.89 bits per heavy atom. The Balaban J connectivity index is 2.34. The molecule has 0 amide bonds. The van der Waals surface area contributed by atoms with E-state index < -0.39 is 5.97 Å². The Kier molecular flexibility index (Phi) is 2.53. The van der Waals surface area contributed by atoms with E-state index in [1.807, 2.05) is 30.5 Å². The van der Waals surface area contributed by atoms with Gasteiger partial charge in [-0.3, -0.25) is 9.20 Å². The number of hydrogen-bond acceptors (Lipinski definition) is 2. The second-order valence-electron chi connectivity index (χ2n) is 4.62. The van der Waals surface area contributed by atoms with Crippen molar-refractivity contribution in [2.45, 2.75) is 13.3 Å². The van der Waals surface area contributed by atoms with E-state index in [-0.39, 0.29) is 6.42 Å². The van der Waals surface area contributed by atoms with Crippen LogP contribution in [0.25, 0.3) is 16.8 Å². The molecule has 3 aromatic rings. The number of benzene rings is 1. The molecule has 0 aliphatic rings. The second-order valence-corrected chi connectivity index (χ2v) is 5.06. The molecule has 2 aromatic heterocycles. The molecule has 0 fully saturated rings. The first-order valence-electron chi connectivity index (χ1n) is 5.81. The number of fused-ring (bicyclic) bond motifs is 3. The van der Waals surface area contributed by atoms with Crippen LogP contribution in [0.15, 0.2) is 18.3 Å². The lowest BCUT2D eigenvalue weighted by molar-refractivity contribution is -0.136. The predicted molar refractivity (Wildman–Crippen MR) is 72.8 cm³/mol. The number of aromatic nitrogens is 3. The quantitative estimate of drug-likeness (QED) is 0.782. The standard InChI is InChI=1S/C13H12ClN3O2/c1-7-3-8(14)4-10-12(7)15-13-16(2)9(5-11(18)19)6-17(10)13/h3-4,6H,5H2,1-2H3,(H,18,19). The van der Waals surface area contributed by atoms with Gasteiger partial charge in [0, 0.05) is 24.0 Å². The summed E-state index contributed by atoms with van der Waals surface area (Å²) < 4.78 is 3.67. The van der Waals surface area contributed by atoms with Crippen LogP contribution in [0, 0.1) is 6.92 Å². The summed E-state index contributed by atoms with van der Waals surface area (Å²) in [4.78, 5) is 15.4. The number of imidazole rings is 2. The number of aryl methyl sites for hydroxylation is 2. The van der Waals surface area contributed by atoms with Gasteiger partial charge in [0.25, 0.3) is 0 Å². The summed E-state index contributed by atoms with van der Waals surface area (Å²) in [6, 6.07) is 3.71. The molecule has 19 heavy (non-hydrogen) atoms. The van der Waals surface area contributed by atoms with Crippen LogP contribution in [0.5, 0.6) is 0 Å². The minimum Gasteiger partial charge on any atom is -0.481 e. The first-order valence-corrected chi connectivity index (χ1v) is 6.19. The lowest BCUT2D eigenvalue weighted by Gasteiger charge is -1.98. The summed E-state index contributed by atoms with van der Waals surface area (Å²) >= 11 is 6.07. The molecular formula is C13H12ClN3O2. The Hall–Kier alpha value is -2.01. The lowest BCUT2D eigenvalue weighted by Crippen LogP contribution is -2.05. The molecule has 0 aliphatic carbocycles. The van der Waals surface area contributed by atoms with Crippen molar-refractivity contribution in [1.29, 1.82) is 0 Å². The van der Waals surface area contributed by atoms with E-state index in [1.54, 1.807) is 10.8 Å². The molecule has 98 valence electrons. The Bertz CT molecular complexity index is 816. The normalized spacial score (nSPS) is 11.5. The number of nitrogens with zero attached hydrogens (tertiary/aromatic N) is 3. The summed E-state index contributed by atoms with van der Waals surface area (Å²) in [5, 5.41) is 9.54. The average Bonchev–Trinajstić information content (AvgIpc) is 2.79. The van der Waals surface area contributed by atoms with E-state index in [2.05, 4.69) is 4.98 Å². The summed E-state index contributed by atoms with van der Waals surface area (Å²) in [5.74, 6) is -0.140. The van der Waals surface area contributed by atoms with E-state index >= 15 is 0 Å². The maximum absolute atomic E-state index is 10.8. The molecule has 0 atom stereocenters. The SMILES string of the molecule is Cc1cc(Cl)cc2c1nc1n(C)c(CC(=O)O)cn21. The molecule has 0 unspecified atom stereocenters. The van der Waals surface area contributed by atoms with E-state index in [1.165, 1.54) is 0 Å². The molecule has 5 nitrogen and oxygen atoms in total. The van der Waals surface area contributed by atoms with Crippen LogP contribution in [0.3, 0.4) is 0 Å². The van der Waals surface area contributed by atoms with Gasteiger partial charge in [-0.15, -0.1) is 0 Å². The molecule has 6 heteroatoms. The van der Waals surface area contributed by atoms with E-state index in [0.717, 1.165) is 22.4 Å². The van der Waals surface area contributed by atoms with Gasteiger partial charge in [0.1, 0.15) is 0 Å². The van der Waals surface area contributed by atoms with E-state index in [4.69, 9.17) is 16.7 Å². The molecule has 0 saturated heterocycles. The second kappa shape index (κ2) is 3.99. The van der Waals surface area contributed by atoms with Crippen molar-refractivity contribution in [3.8, 4) is 0 Å². The first-order chi connectivity index (χ1) is 8.97. The van der Waals surface area contributed by atoms with Crippen molar-refractivity contribution in [3.63, 3.8) is 0 Å². The summed E-state index contributed by atoms with van der Waals surface area (Å²) in [7, 11) is 1.82. The largest absolute Gasteiger partial charge is 0.481 e. The third kappa shape index (κ3) is 1.77. The number of hydrogen-bond donors (Lipinski definition) is 1. The highest BCUT2D eigenvalue weighted by molar-refractivity contribution is 6.31. The van der Waals surface area contributed by atoms with Crippen LogP contribution in [0.2, 0.25) is 5.02 Å². The van der Waals surface area contributed by atoms with Gasteiger partial charge < -0.3 is 9.67 Å². The number of rotatable bonds is 2. The van der Waals surface area contributed by atoms with Crippen LogP contribution in [-0.4, -0.2) is 25.0 Å². The Morgan fingerprint density at radius 2 is 2.21 bits per heavy atom. The third-order valence-corrected chi connectivity index (χ3v) is 3.49. The number of carboxylic acid groups (broad SMARTS) is 1. The molecule has 1 N–H and O–H groups in total. The fourth-order valence-electron chi connectivity index (χ4n) is 2.36. The smallest absolute Gasteiger partial charge is 0.309 e. The van der Waals surface area contributed by atoms with Gasteiger partial charge in [-0.05, 0) is 24.6 Å². The van der Waals surface area contributed by atoms with Crippen LogP contribution >= 0.6 is 11.6 Å². The minimum absolute atomic E-state index is 0.0269. The van der Waals surface area contributed by atoms with Gasteiger partial charge in [-0.25, -0.2) is 4.98 Å². The van der Waals surface area contributed by atoms with Crippen molar-refractivity contribution < 1.29 is 9.90 Å². The highest BCUT2D eigenvalue weighted by atomic mass is 35.5. The zero-order valence-corrected chi connectivity index (χ0v) is 11.3. The van der Waals surface area contributed by atoms with Crippen LogP contribution in [0.1, 0.15) is 11.3 Å². The van der Waals surface area contributed by atoms with E-state index in [9.17, 15) is 4.79 Å². The number of carbonyl (C=O) groups is 1. The molecule has 0 radical (unpaired) electrons. The molecule has 0 bridgehead atoms. The Morgan fingerprint density at radius 1 is 1.47 bits per heavy atom. The number of carboxylic acids is 1. The van der Waals surface area contributed by atoms with Gasteiger partial charge in [-0.2, -0.15) is 0 Å². The number of aliphatic carboxylic acids is 1. The lowest BCUT2D eigenvalue weighted by atomic mass is 10.2. The third-order valence-electron chi connectivity index (χ3n) is 3.27. The van der Waals surface area contributed by atoms with Crippen molar-refractivity contribution in [2.24, 2.45) is 7.05 Å². The van der Waals surface area contributed by atoms with E-state index in [0.29, 0.717) is 10.7 Å². The maximum atomic E-state index is 10.8. The average molecular weight is 278 g/mol. The van der Waals surface area contributed by atoms with Crippen LogP contribution in [-0.2, 0) is 18.3 Å².